The monoisotopic (exact) mass is 294 g/mol. The van der Waals surface area contributed by atoms with Crippen LogP contribution in [0.4, 0.5) is 0 Å². The molecule has 0 radical (unpaired) electrons. The molecule has 0 bridgehead atoms. The average Bonchev–Trinajstić information content (AvgIpc) is 2.86. The second-order valence-corrected chi connectivity index (χ2v) is 4.94. The Morgan fingerprint density at radius 3 is 2.90 bits per heavy atom. The van der Waals surface area contributed by atoms with Gasteiger partial charge in [-0.1, -0.05) is 30.0 Å². The van der Waals surface area contributed by atoms with Crippen LogP contribution in [0.15, 0.2) is 35.5 Å². The third-order valence-corrected chi connectivity index (χ3v) is 3.36. The highest BCUT2D eigenvalue weighted by atomic mass is 32.2. The van der Waals surface area contributed by atoms with E-state index in [2.05, 4.69) is 15.5 Å². The van der Waals surface area contributed by atoms with Crippen molar-refractivity contribution in [1.82, 2.24) is 20.2 Å². The van der Waals surface area contributed by atoms with Crippen LogP contribution in [-0.2, 0) is 11.3 Å². The zero-order valence-corrected chi connectivity index (χ0v) is 11.5. The van der Waals surface area contributed by atoms with E-state index in [9.17, 15) is 4.79 Å². The summed E-state index contributed by atoms with van der Waals surface area (Å²) in [6, 6.07) is 9.58. The number of benzene rings is 1. The topological polar surface area (TPSA) is 90.1 Å². The predicted octanol–water partition coefficient (Wildman–Crippen LogP) is 1.32. The minimum Gasteiger partial charge on any atom is -0.494 e. The largest absolute Gasteiger partial charge is 0.494 e. The second kappa shape index (κ2) is 7.49. The first-order valence-corrected chi connectivity index (χ1v) is 7.03. The summed E-state index contributed by atoms with van der Waals surface area (Å²) in [6.07, 6.45) is 0.819. The summed E-state index contributed by atoms with van der Waals surface area (Å²) in [4.78, 5) is 10.6. The van der Waals surface area contributed by atoms with Gasteiger partial charge in [0.2, 0.25) is 5.16 Å². The van der Waals surface area contributed by atoms with Gasteiger partial charge in [-0.25, -0.2) is 4.68 Å². The van der Waals surface area contributed by atoms with E-state index in [1.807, 2.05) is 30.3 Å². The summed E-state index contributed by atoms with van der Waals surface area (Å²) in [7, 11) is 0. The Morgan fingerprint density at radius 1 is 1.35 bits per heavy atom. The van der Waals surface area contributed by atoms with E-state index >= 15 is 0 Å². The number of carboxylic acid groups (broad SMARTS) is 1. The number of carbonyl (C=O) groups is 1. The summed E-state index contributed by atoms with van der Waals surface area (Å²) in [6.45, 7) is 0.368. The molecule has 0 spiro atoms. The quantitative estimate of drug-likeness (QED) is 0.580. The number of carboxylic acids is 1. The Hall–Kier alpha value is -2.09. The third kappa shape index (κ3) is 4.54. The molecule has 0 saturated carbocycles. The van der Waals surface area contributed by atoms with E-state index in [0.29, 0.717) is 11.8 Å². The molecule has 106 valence electrons. The van der Waals surface area contributed by atoms with Gasteiger partial charge in [-0.15, -0.1) is 5.10 Å². The molecule has 0 unspecified atom stereocenters. The predicted molar refractivity (Wildman–Crippen MR) is 72.7 cm³/mol. The number of aromatic nitrogens is 4. The summed E-state index contributed by atoms with van der Waals surface area (Å²) in [5.74, 6) is 0.632. The van der Waals surface area contributed by atoms with Gasteiger partial charge in [-0.3, -0.25) is 4.79 Å². The van der Waals surface area contributed by atoms with Crippen molar-refractivity contribution >= 4 is 17.7 Å². The van der Waals surface area contributed by atoms with Gasteiger partial charge in [0.25, 0.3) is 0 Å². The van der Waals surface area contributed by atoms with Crippen LogP contribution in [-0.4, -0.2) is 43.6 Å². The van der Waals surface area contributed by atoms with Crippen LogP contribution < -0.4 is 4.74 Å². The Kier molecular flexibility index (Phi) is 5.36. The van der Waals surface area contributed by atoms with Gasteiger partial charge in [-0.05, 0) is 29.0 Å². The summed E-state index contributed by atoms with van der Waals surface area (Å²) < 4.78 is 6.82. The number of tetrazole rings is 1. The minimum atomic E-state index is -0.966. The maximum Gasteiger partial charge on any atom is 0.325 e. The lowest BCUT2D eigenvalue weighted by Crippen LogP contribution is -2.11. The van der Waals surface area contributed by atoms with Crippen molar-refractivity contribution in [2.75, 3.05) is 12.4 Å². The van der Waals surface area contributed by atoms with E-state index in [1.54, 1.807) is 0 Å². The van der Waals surface area contributed by atoms with E-state index < -0.39 is 5.97 Å². The lowest BCUT2D eigenvalue weighted by molar-refractivity contribution is -0.138. The molecule has 0 atom stereocenters. The molecule has 0 aliphatic carbocycles. The maximum atomic E-state index is 10.6. The van der Waals surface area contributed by atoms with Crippen molar-refractivity contribution in [2.24, 2.45) is 0 Å². The van der Waals surface area contributed by atoms with Crippen LogP contribution in [0.25, 0.3) is 0 Å². The van der Waals surface area contributed by atoms with Crippen LogP contribution in [0.2, 0.25) is 0 Å². The molecule has 2 rings (SSSR count). The fraction of sp³-hybridized carbons (Fsp3) is 0.333. The average molecular weight is 294 g/mol. The molecule has 1 aromatic heterocycles. The first-order chi connectivity index (χ1) is 9.75. The van der Waals surface area contributed by atoms with E-state index in [1.165, 1.54) is 16.4 Å². The number of ether oxygens (including phenoxy) is 1. The highest BCUT2D eigenvalue weighted by Gasteiger charge is 2.09. The Balaban J connectivity index is 1.68. The van der Waals surface area contributed by atoms with E-state index in [4.69, 9.17) is 9.84 Å². The maximum absolute atomic E-state index is 10.6. The summed E-state index contributed by atoms with van der Waals surface area (Å²) in [5, 5.41) is 20.1. The smallest absolute Gasteiger partial charge is 0.325 e. The number of aliphatic carboxylic acids is 1. The fourth-order valence-corrected chi connectivity index (χ4v) is 2.25. The number of para-hydroxylation sites is 1. The van der Waals surface area contributed by atoms with Gasteiger partial charge >= 0.3 is 5.97 Å². The highest BCUT2D eigenvalue weighted by Crippen LogP contribution is 2.15. The number of hydrogen-bond donors (Lipinski definition) is 1. The molecule has 1 aromatic carbocycles. The van der Waals surface area contributed by atoms with E-state index in [0.717, 1.165) is 17.9 Å². The second-order valence-electron chi connectivity index (χ2n) is 3.88. The van der Waals surface area contributed by atoms with Gasteiger partial charge in [-0.2, -0.15) is 0 Å². The minimum absolute atomic E-state index is 0.226. The molecule has 7 nitrogen and oxygen atoms in total. The van der Waals surface area contributed by atoms with Crippen molar-refractivity contribution in [2.45, 2.75) is 18.1 Å². The number of hydrogen-bond acceptors (Lipinski definition) is 6. The van der Waals surface area contributed by atoms with Crippen LogP contribution in [0.5, 0.6) is 5.75 Å². The normalized spacial score (nSPS) is 10.4. The van der Waals surface area contributed by atoms with Crippen LogP contribution in [0, 0.1) is 0 Å². The molecule has 0 saturated heterocycles. The van der Waals surface area contributed by atoms with Crippen LogP contribution in [0.3, 0.4) is 0 Å². The van der Waals surface area contributed by atoms with Gasteiger partial charge in [0, 0.05) is 5.75 Å². The van der Waals surface area contributed by atoms with Gasteiger partial charge < -0.3 is 9.84 Å². The lowest BCUT2D eigenvalue weighted by atomic mass is 10.3. The Morgan fingerprint density at radius 2 is 2.15 bits per heavy atom. The van der Waals surface area contributed by atoms with Crippen LogP contribution >= 0.6 is 11.8 Å². The van der Waals surface area contributed by atoms with Gasteiger partial charge in [0.1, 0.15) is 12.3 Å². The molecule has 1 heterocycles. The number of nitrogens with zero attached hydrogens (tertiary/aromatic N) is 4. The Labute approximate surface area is 119 Å². The van der Waals surface area contributed by atoms with Crippen molar-refractivity contribution in [3.63, 3.8) is 0 Å². The van der Waals surface area contributed by atoms with Crippen LogP contribution in [0.1, 0.15) is 6.42 Å². The van der Waals surface area contributed by atoms with Crippen molar-refractivity contribution in [1.29, 1.82) is 0 Å². The van der Waals surface area contributed by atoms with Gasteiger partial charge in [0.05, 0.1) is 6.61 Å². The molecule has 20 heavy (non-hydrogen) atoms. The van der Waals surface area contributed by atoms with Crippen molar-refractivity contribution in [3.8, 4) is 5.75 Å². The van der Waals surface area contributed by atoms with Crippen molar-refractivity contribution < 1.29 is 14.6 Å². The fourth-order valence-electron chi connectivity index (χ4n) is 1.46. The first kappa shape index (κ1) is 14.3. The van der Waals surface area contributed by atoms with E-state index in [-0.39, 0.29) is 6.54 Å². The molecule has 0 amide bonds. The molecule has 0 fully saturated rings. The number of rotatable bonds is 8. The zero-order valence-electron chi connectivity index (χ0n) is 10.7. The zero-order chi connectivity index (χ0) is 14.2. The molecule has 1 N–H and O–H groups in total. The SMILES string of the molecule is O=C(O)Cn1nnnc1SCCCOc1ccccc1. The first-order valence-electron chi connectivity index (χ1n) is 6.04. The molecule has 0 aliphatic rings. The lowest BCUT2D eigenvalue weighted by Gasteiger charge is -2.05. The summed E-state index contributed by atoms with van der Waals surface area (Å²) >= 11 is 1.41. The molecule has 0 aliphatic heterocycles. The third-order valence-electron chi connectivity index (χ3n) is 2.32. The highest BCUT2D eigenvalue weighted by molar-refractivity contribution is 7.99. The summed E-state index contributed by atoms with van der Waals surface area (Å²) in [5.41, 5.74) is 0. The molecular formula is C12H14N4O3S. The van der Waals surface area contributed by atoms with Gasteiger partial charge in [0.15, 0.2) is 0 Å². The Bertz CT molecular complexity index is 547. The molecule has 8 heteroatoms. The van der Waals surface area contributed by atoms with Crippen molar-refractivity contribution in [3.05, 3.63) is 30.3 Å². The molecule has 2 aromatic rings. The molecular weight excluding hydrogens is 280 g/mol. The number of thioether (sulfide) groups is 1. The standard InChI is InChI=1S/C12H14N4O3S/c17-11(18)9-16-12(13-14-15-16)20-8-4-7-19-10-5-2-1-3-6-10/h1-3,5-6H,4,7-9H2,(H,17,18).